The van der Waals surface area contributed by atoms with Gasteiger partial charge >= 0.3 is 0 Å². The molecule has 29 heavy (non-hydrogen) atoms. The molecule has 3 nitrogen and oxygen atoms in total. The number of benzene rings is 1. The van der Waals surface area contributed by atoms with Crippen LogP contribution in [0.1, 0.15) is 50.5 Å². The molecule has 3 fully saturated rings. The Morgan fingerprint density at radius 1 is 1.14 bits per heavy atom. The van der Waals surface area contributed by atoms with Crippen LogP contribution in [0.25, 0.3) is 0 Å². The zero-order valence-corrected chi connectivity index (χ0v) is 17.6. The van der Waals surface area contributed by atoms with Crippen LogP contribution in [0.2, 0.25) is 0 Å². The van der Waals surface area contributed by atoms with Gasteiger partial charge in [-0.05, 0) is 60.8 Å². The summed E-state index contributed by atoms with van der Waals surface area (Å²) in [5, 5.41) is 3.57. The number of carbonyl (C=O) groups excluding carboxylic acids is 1. The van der Waals surface area contributed by atoms with Gasteiger partial charge in [0.1, 0.15) is 0 Å². The van der Waals surface area contributed by atoms with Crippen LogP contribution in [0.3, 0.4) is 0 Å². The van der Waals surface area contributed by atoms with Crippen LogP contribution in [0.5, 0.6) is 0 Å². The van der Waals surface area contributed by atoms with Gasteiger partial charge in [0.15, 0.2) is 0 Å². The first-order valence-electron chi connectivity index (χ1n) is 11.6. The van der Waals surface area contributed by atoms with Gasteiger partial charge in [0, 0.05) is 25.7 Å². The van der Waals surface area contributed by atoms with Crippen molar-refractivity contribution in [2.45, 2.75) is 51.0 Å². The highest BCUT2D eigenvalue weighted by atomic mass is 16.2. The van der Waals surface area contributed by atoms with E-state index in [4.69, 9.17) is 0 Å². The van der Waals surface area contributed by atoms with E-state index in [1.165, 1.54) is 18.4 Å². The highest BCUT2D eigenvalue weighted by Crippen LogP contribution is 2.47. The highest BCUT2D eigenvalue weighted by Gasteiger charge is 2.51. The number of piperidine rings is 1. The summed E-state index contributed by atoms with van der Waals surface area (Å²) >= 11 is 0. The van der Waals surface area contributed by atoms with E-state index in [0.29, 0.717) is 23.8 Å². The minimum Gasteiger partial charge on any atom is -0.339 e. The molecule has 5 atom stereocenters. The van der Waals surface area contributed by atoms with Gasteiger partial charge in [-0.1, -0.05) is 61.6 Å². The van der Waals surface area contributed by atoms with Crippen LogP contribution in [0, 0.1) is 23.2 Å². The molecule has 2 saturated heterocycles. The van der Waals surface area contributed by atoms with Crippen molar-refractivity contribution in [3.63, 3.8) is 0 Å². The van der Waals surface area contributed by atoms with Crippen molar-refractivity contribution >= 4 is 5.91 Å². The minimum absolute atomic E-state index is 0.0166. The van der Waals surface area contributed by atoms with Crippen molar-refractivity contribution < 1.29 is 4.79 Å². The number of nitrogens with one attached hydrogen (secondary N) is 1. The molecule has 154 valence electrons. The molecule has 5 rings (SSSR count). The summed E-state index contributed by atoms with van der Waals surface area (Å²) < 4.78 is 0. The smallest absolute Gasteiger partial charge is 0.227 e. The SMILES string of the molecule is C[C@@]1(C2C=CC=CC2)CNC[C@H]1C(=O)N1CCC(c2ccccc2)CC1C1CC1. The Labute approximate surface area is 175 Å². The molecule has 1 saturated carbocycles. The second-order valence-electron chi connectivity index (χ2n) is 9.91. The molecule has 0 aromatic heterocycles. The molecule has 3 heteroatoms. The lowest BCUT2D eigenvalue weighted by molar-refractivity contribution is -0.143. The Balaban J connectivity index is 1.35. The van der Waals surface area contributed by atoms with Crippen molar-refractivity contribution in [2.24, 2.45) is 23.2 Å². The molecule has 2 aliphatic carbocycles. The van der Waals surface area contributed by atoms with Crippen LogP contribution >= 0.6 is 0 Å². The number of hydrogen-bond acceptors (Lipinski definition) is 2. The number of rotatable bonds is 4. The number of likely N-dealkylation sites (tertiary alicyclic amines) is 1. The van der Waals surface area contributed by atoms with E-state index < -0.39 is 0 Å². The second-order valence-corrected chi connectivity index (χ2v) is 9.91. The topological polar surface area (TPSA) is 32.3 Å². The van der Waals surface area contributed by atoms with Gasteiger partial charge in [0.05, 0.1) is 5.92 Å². The number of nitrogens with zero attached hydrogens (tertiary/aromatic N) is 1. The summed E-state index contributed by atoms with van der Waals surface area (Å²) in [6, 6.07) is 11.4. The lowest BCUT2D eigenvalue weighted by Crippen LogP contribution is -2.52. The fraction of sp³-hybridized carbons (Fsp3) is 0.577. The van der Waals surface area contributed by atoms with E-state index in [1.807, 2.05) is 0 Å². The van der Waals surface area contributed by atoms with Gasteiger partial charge in [-0.2, -0.15) is 0 Å². The molecule has 1 aromatic carbocycles. The lowest BCUT2D eigenvalue weighted by atomic mass is 9.67. The first kappa shape index (κ1) is 19.1. The first-order chi connectivity index (χ1) is 14.2. The van der Waals surface area contributed by atoms with Crippen LogP contribution in [0.4, 0.5) is 0 Å². The minimum atomic E-state index is 0.0166. The normalized spacial score (nSPS) is 37.1. The molecule has 2 heterocycles. The maximum Gasteiger partial charge on any atom is 0.227 e. The molecule has 3 unspecified atom stereocenters. The third-order valence-electron chi connectivity index (χ3n) is 8.14. The first-order valence-corrected chi connectivity index (χ1v) is 11.6. The van der Waals surface area contributed by atoms with Crippen molar-refractivity contribution in [1.29, 1.82) is 0 Å². The van der Waals surface area contributed by atoms with Crippen LogP contribution in [0.15, 0.2) is 54.6 Å². The van der Waals surface area contributed by atoms with E-state index >= 15 is 0 Å². The summed E-state index contributed by atoms with van der Waals surface area (Å²) in [6.07, 6.45) is 14.8. The predicted molar refractivity (Wildman–Crippen MR) is 117 cm³/mol. The largest absolute Gasteiger partial charge is 0.339 e. The summed E-state index contributed by atoms with van der Waals surface area (Å²) in [6.45, 7) is 5.04. The van der Waals surface area contributed by atoms with Crippen molar-refractivity contribution in [3.8, 4) is 0 Å². The van der Waals surface area contributed by atoms with Gasteiger partial charge in [0.25, 0.3) is 0 Å². The zero-order valence-electron chi connectivity index (χ0n) is 17.6. The number of hydrogen-bond donors (Lipinski definition) is 1. The molecule has 0 bridgehead atoms. The lowest BCUT2D eigenvalue weighted by Gasteiger charge is -2.44. The van der Waals surface area contributed by atoms with Crippen LogP contribution < -0.4 is 5.32 Å². The Bertz CT molecular complexity index is 796. The number of amides is 1. The fourth-order valence-electron chi connectivity index (χ4n) is 6.10. The van der Waals surface area contributed by atoms with E-state index in [0.717, 1.165) is 44.8 Å². The molecule has 2 aliphatic heterocycles. The van der Waals surface area contributed by atoms with Crippen LogP contribution in [-0.2, 0) is 4.79 Å². The van der Waals surface area contributed by atoms with Gasteiger partial charge in [-0.25, -0.2) is 0 Å². The van der Waals surface area contributed by atoms with Gasteiger partial charge in [0.2, 0.25) is 5.91 Å². The average Bonchev–Trinajstić information content (AvgIpc) is 3.55. The molecule has 1 aromatic rings. The Hall–Kier alpha value is -1.87. The standard InChI is InChI=1S/C26H34N2O/c1-26(22-10-6-3-7-11-22)18-27-17-23(26)25(29)28-15-14-21(16-24(28)20-12-13-20)19-8-4-2-5-9-19/h2-10,20-24,27H,11-18H2,1H3/t21?,22?,23-,24?,26-/m0/s1. The highest BCUT2D eigenvalue weighted by molar-refractivity contribution is 5.81. The van der Waals surface area contributed by atoms with Crippen molar-refractivity contribution in [2.75, 3.05) is 19.6 Å². The van der Waals surface area contributed by atoms with Crippen molar-refractivity contribution in [3.05, 3.63) is 60.2 Å². The summed E-state index contributed by atoms with van der Waals surface area (Å²) in [5.41, 5.74) is 1.47. The maximum atomic E-state index is 13.9. The third-order valence-corrected chi connectivity index (χ3v) is 8.14. The fourth-order valence-corrected chi connectivity index (χ4v) is 6.10. The average molecular weight is 391 g/mol. The summed E-state index contributed by atoms with van der Waals surface area (Å²) in [7, 11) is 0. The summed E-state index contributed by atoms with van der Waals surface area (Å²) in [5.74, 6) is 2.30. The predicted octanol–water partition coefficient (Wildman–Crippen LogP) is 4.53. The summed E-state index contributed by atoms with van der Waals surface area (Å²) in [4.78, 5) is 16.2. The van der Waals surface area contributed by atoms with E-state index in [-0.39, 0.29) is 11.3 Å². The van der Waals surface area contributed by atoms with Crippen LogP contribution in [-0.4, -0.2) is 36.5 Å². The molecular formula is C26H34N2O. The quantitative estimate of drug-likeness (QED) is 0.819. The Morgan fingerprint density at radius 2 is 1.97 bits per heavy atom. The molecule has 0 radical (unpaired) electrons. The molecule has 0 spiro atoms. The van der Waals surface area contributed by atoms with Gasteiger partial charge in [-0.15, -0.1) is 0 Å². The van der Waals surface area contributed by atoms with E-state index in [9.17, 15) is 4.79 Å². The Kier molecular flexibility index (Phi) is 5.11. The number of allylic oxidation sites excluding steroid dienone is 4. The van der Waals surface area contributed by atoms with Gasteiger partial charge < -0.3 is 10.2 Å². The van der Waals surface area contributed by atoms with E-state index in [1.54, 1.807) is 0 Å². The maximum absolute atomic E-state index is 13.9. The number of carbonyl (C=O) groups is 1. The van der Waals surface area contributed by atoms with Crippen molar-refractivity contribution in [1.82, 2.24) is 10.2 Å². The molecule has 1 N–H and O–H groups in total. The second kappa shape index (κ2) is 7.75. The third kappa shape index (κ3) is 3.59. The molecular weight excluding hydrogens is 356 g/mol. The van der Waals surface area contributed by atoms with Gasteiger partial charge in [-0.3, -0.25) is 4.79 Å². The molecule has 1 amide bonds. The zero-order chi connectivity index (χ0) is 19.8. The monoisotopic (exact) mass is 390 g/mol. The Morgan fingerprint density at radius 3 is 2.69 bits per heavy atom. The van der Waals surface area contributed by atoms with E-state index in [2.05, 4.69) is 71.8 Å². The molecule has 4 aliphatic rings.